The predicted molar refractivity (Wildman–Crippen MR) is 77.4 cm³/mol. The van der Waals surface area contributed by atoms with Crippen molar-refractivity contribution in [1.29, 1.82) is 0 Å². The quantitative estimate of drug-likeness (QED) is 0.896. The number of hydrogen-bond donors (Lipinski definition) is 1. The van der Waals surface area contributed by atoms with Gasteiger partial charge in [-0.05, 0) is 38.8 Å². The van der Waals surface area contributed by atoms with Crippen molar-refractivity contribution in [3.05, 3.63) is 30.1 Å². The second-order valence-electron chi connectivity index (χ2n) is 6.38. The molecule has 1 aromatic heterocycles. The minimum atomic E-state index is -0.473. The Labute approximate surface area is 120 Å². The van der Waals surface area contributed by atoms with Gasteiger partial charge >= 0.3 is 6.09 Å². The number of nitrogens with zero attached hydrogens (tertiary/aromatic N) is 2. The average Bonchev–Trinajstić information content (AvgIpc) is 2.84. The zero-order valence-corrected chi connectivity index (χ0v) is 12.4. The molecule has 1 amide bonds. The van der Waals surface area contributed by atoms with E-state index in [9.17, 15) is 4.79 Å². The monoisotopic (exact) mass is 277 g/mol. The van der Waals surface area contributed by atoms with Gasteiger partial charge in [-0.2, -0.15) is 0 Å². The Morgan fingerprint density at radius 2 is 2.30 bits per heavy atom. The van der Waals surface area contributed by atoms with Crippen LogP contribution in [0.5, 0.6) is 0 Å². The Kier molecular flexibility index (Phi) is 3.99. The molecule has 0 bridgehead atoms. The minimum Gasteiger partial charge on any atom is -0.444 e. The van der Waals surface area contributed by atoms with Gasteiger partial charge in [0, 0.05) is 37.4 Å². The highest BCUT2D eigenvalue weighted by atomic mass is 16.6. The van der Waals surface area contributed by atoms with Gasteiger partial charge in [-0.15, -0.1) is 0 Å². The molecule has 2 heterocycles. The Morgan fingerprint density at radius 3 is 2.85 bits per heavy atom. The van der Waals surface area contributed by atoms with Crippen molar-refractivity contribution in [2.24, 2.45) is 5.73 Å². The number of carbonyl (C=O) groups is 1. The van der Waals surface area contributed by atoms with Crippen molar-refractivity contribution in [3.8, 4) is 0 Å². The number of ether oxygens (including phenoxy) is 1. The standard InChI is InChI=1S/C15H23N3O2/c1-14(2,3)20-13(19)18-8-6-15(10-16,11-18)12-5-4-7-17-9-12/h4-5,7,9H,6,8,10-11,16H2,1-3H3. The Bertz CT molecular complexity index is 470. The maximum atomic E-state index is 12.1. The van der Waals surface area contributed by atoms with Crippen molar-refractivity contribution in [3.63, 3.8) is 0 Å². The van der Waals surface area contributed by atoms with Crippen molar-refractivity contribution in [2.45, 2.75) is 38.2 Å². The van der Waals surface area contributed by atoms with Crippen LogP contribution in [0.15, 0.2) is 24.5 Å². The molecular formula is C15H23N3O2. The molecule has 1 saturated heterocycles. The molecule has 1 unspecified atom stereocenters. The number of aromatic nitrogens is 1. The maximum Gasteiger partial charge on any atom is 0.410 e. The summed E-state index contributed by atoms with van der Waals surface area (Å²) in [6, 6.07) is 3.93. The largest absolute Gasteiger partial charge is 0.444 e. The molecule has 0 saturated carbocycles. The summed E-state index contributed by atoms with van der Waals surface area (Å²) in [6.07, 6.45) is 4.16. The molecule has 110 valence electrons. The van der Waals surface area contributed by atoms with Gasteiger partial charge in [-0.1, -0.05) is 6.07 Å². The number of amides is 1. The third kappa shape index (κ3) is 3.10. The molecule has 2 rings (SSSR count). The van der Waals surface area contributed by atoms with Gasteiger partial charge in [-0.3, -0.25) is 4.98 Å². The normalized spacial score (nSPS) is 22.9. The van der Waals surface area contributed by atoms with E-state index in [1.54, 1.807) is 11.1 Å². The highest BCUT2D eigenvalue weighted by Gasteiger charge is 2.41. The first-order valence-corrected chi connectivity index (χ1v) is 6.95. The Balaban J connectivity index is 2.12. The van der Waals surface area contributed by atoms with E-state index < -0.39 is 5.60 Å². The van der Waals surface area contributed by atoms with Crippen LogP contribution in [0.3, 0.4) is 0 Å². The predicted octanol–water partition coefficient (Wildman–Crippen LogP) is 1.92. The maximum absolute atomic E-state index is 12.1. The molecule has 0 aromatic carbocycles. The molecule has 5 nitrogen and oxygen atoms in total. The molecule has 1 fully saturated rings. The van der Waals surface area contributed by atoms with Gasteiger partial charge in [0.1, 0.15) is 5.60 Å². The van der Waals surface area contributed by atoms with E-state index in [4.69, 9.17) is 10.5 Å². The minimum absolute atomic E-state index is 0.203. The lowest BCUT2D eigenvalue weighted by Gasteiger charge is -2.29. The number of carbonyl (C=O) groups excluding carboxylic acids is 1. The molecule has 20 heavy (non-hydrogen) atoms. The van der Waals surface area contributed by atoms with Crippen LogP contribution in [0, 0.1) is 0 Å². The van der Waals surface area contributed by atoms with E-state index in [0.29, 0.717) is 19.6 Å². The molecule has 2 N–H and O–H groups in total. The van der Waals surface area contributed by atoms with Crippen LogP contribution < -0.4 is 5.73 Å². The first-order valence-electron chi connectivity index (χ1n) is 6.95. The van der Waals surface area contributed by atoms with Crippen LogP contribution >= 0.6 is 0 Å². The van der Waals surface area contributed by atoms with Crippen LogP contribution in [-0.4, -0.2) is 41.2 Å². The fraction of sp³-hybridized carbons (Fsp3) is 0.600. The summed E-state index contributed by atoms with van der Waals surface area (Å²) in [7, 11) is 0. The van der Waals surface area contributed by atoms with Gasteiger partial charge in [0.2, 0.25) is 0 Å². The second kappa shape index (κ2) is 5.40. The smallest absolute Gasteiger partial charge is 0.410 e. The van der Waals surface area contributed by atoms with Crippen molar-refractivity contribution >= 4 is 6.09 Å². The zero-order chi connectivity index (χ0) is 14.8. The molecule has 1 aliphatic heterocycles. The first-order chi connectivity index (χ1) is 9.36. The summed E-state index contributed by atoms with van der Waals surface area (Å²) in [5.74, 6) is 0. The number of likely N-dealkylation sites (tertiary alicyclic amines) is 1. The summed E-state index contributed by atoms with van der Waals surface area (Å²) >= 11 is 0. The number of nitrogens with two attached hydrogens (primary N) is 1. The van der Waals surface area contributed by atoms with E-state index in [2.05, 4.69) is 4.98 Å². The fourth-order valence-electron chi connectivity index (χ4n) is 2.55. The van der Waals surface area contributed by atoms with Crippen LogP contribution in [0.2, 0.25) is 0 Å². The molecular weight excluding hydrogens is 254 g/mol. The van der Waals surface area contributed by atoms with E-state index in [-0.39, 0.29) is 11.5 Å². The lowest BCUT2D eigenvalue weighted by Crippen LogP contribution is -2.41. The molecule has 1 atom stereocenters. The van der Waals surface area contributed by atoms with Crippen molar-refractivity contribution in [1.82, 2.24) is 9.88 Å². The van der Waals surface area contributed by atoms with Gasteiger partial charge < -0.3 is 15.4 Å². The molecule has 1 aliphatic rings. The number of pyridine rings is 1. The van der Waals surface area contributed by atoms with E-state index in [1.807, 2.05) is 39.1 Å². The van der Waals surface area contributed by atoms with Gasteiger partial charge in [0.05, 0.1) is 0 Å². The molecule has 0 aliphatic carbocycles. The molecule has 0 spiro atoms. The summed E-state index contributed by atoms with van der Waals surface area (Å²) < 4.78 is 5.43. The lowest BCUT2D eigenvalue weighted by atomic mass is 9.81. The summed E-state index contributed by atoms with van der Waals surface area (Å²) in [5.41, 5.74) is 6.40. The van der Waals surface area contributed by atoms with Gasteiger partial charge in [0.25, 0.3) is 0 Å². The molecule has 0 radical (unpaired) electrons. The van der Waals surface area contributed by atoms with Crippen LogP contribution in [0.4, 0.5) is 4.79 Å². The average molecular weight is 277 g/mol. The van der Waals surface area contributed by atoms with E-state index >= 15 is 0 Å². The summed E-state index contributed by atoms with van der Waals surface area (Å²) in [5, 5.41) is 0. The third-order valence-electron chi connectivity index (χ3n) is 3.67. The van der Waals surface area contributed by atoms with E-state index in [1.165, 1.54) is 0 Å². The van der Waals surface area contributed by atoms with Crippen LogP contribution in [0.1, 0.15) is 32.8 Å². The highest BCUT2D eigenvalue weighted by Crippen LogP contribution is 2.33. The third-order valence-corrected chi connectivity index (χ3v) is 3.67. The van der Waals surface area contributed by atoms with Gasteiger partial charge in [-0.25, -0.2) is 4.79 Å². The summed E-state index contributed by atoms with van der Waals surface area (Å²) in [6.45, 7) is 7.37. The first kappa shape index (κ1) is 14.8. The topological polar surface area (TPSA) is 68.5 Å². The second-order valence-corrected chi connectivity index (χ2v) is 6.38. The zero-order valence-electron chi connectivity index (χ0n) is 12.4. The Hall–Kier alpha value is -1.62. The summed E-state index contributed by atoms with van der Waals surface area (Å²) in [4.78, 5) is 18.0. The number of hydrogen-bond acceptors (Lipinski definition) is 4. The molecule has 1 aromatic rings. The fourth-order valence-corrected chi connectivity index (χ4v) is 2.55. The van der Waals surface area contributed by atoms with E-state index in [0.717, 1.165) is 12.0 Å². The highest BCUT2D eigenvalue weighted by molar-refractivity contribution is 5.69. The van der Waals surface area contributed by atoms with Gasteiger partial charge in [0.15, 0.2) is 0 Å². The van der Waals surface area contributed by atoms with Crippen molar-refractivity contribution in [2.75, 3.05) is 19.6 Å². The van der Waals surface area contributed by atoms with Crippen molar-refractivity contribution < 1.29 is 9.53 Å². The lowest BCUT2D eigenvalue weighted by molar-refractivity contribution is 0.0285. The number of rotatable bonds is 2. The SMILES string of the molecule is CC(C)(C)OC(=O)N1CCC(CN)(c2cccnc2)C1. The molecule has 5 heteroatoms. The Morgan fingerprint density at radius 1 is 1.55 bits per heavy atom. The van der Waals surface area contributed by atoms with Crippen LogP contribution in [-0.2, 0) is 10.2 Å². The van der Waals surface area contributed by atoms with Crippen LogP contribution in [0.25, 0.3) is 0 Å².